The summed E-state index contributed by atoms with van der Waals surface area (Å²) in [6, 6.07) is 14.9. The van der Waals surface area contributed by atoms with Crippen LogP contribution in [0.3, 0.4) is 0 Å². The van der Waals surface area contributed by atoms with Gasteiger partial charge in [-0.05, 0) is 18.2 Å². The van der Waals surface area contributed by atoms with Crippen molar-refractivity contribution in [3.63, 3.8) is 0 Å². The van der Waals surface area contributed by atoms with Gasteiger partial charge in [-0.15, -0.1) is 0 Å². The summed E-state index contributed by atoms with van der Waals surface area (Å²) in [7, 11) is 0. The minimum absolute atomic E-state index is 0.0708. The maximum absolute atomic E-state index is 12.1. The summed E-state index contributed by atoms with van der Waals surface area (Å²) in [5.41, 5.74) is 7.50. The number of para-hydroxylation sites is 1. The van der Waals surface area contributed by atoms with Gasteiger partial charge >= 0.3 is 0 Å². The molecule has 1 unspecified atom stereocenters. The molecular formula is C19H21ClN4O2. The molecule has 1 amide bonds. The largest absolute Gasteiger partial charge is 0.493 e. The predicted octanol–water partition coefficient (Wildman–Crippen LogP) is 2.50. The van der Waals surface area contributed by atoms with Crippen LogP contribution < -0.4 is 21.1 Å². The summed E-state index contributed by atoms with van der Waals surface area (Å²) < 4.78 is 5.63. The van der Waals surface area contributed by atoms with E-state index < -0.39 is 0 Å². The number of rotatable bonds is 5. The molecule has 0 saturated carbocycles. The molecule has 0 aliphatic carbocycles. The van der Waals surface area contributed by atoms with Gasteiger partial charge in [-0.25, -0.2) is 0 Å². The average molecular weight is 373 g/mol. The minimum Gasteiger partial charge on any atom is -0.493 e. The van der Waals surface area contributed by atoms with Gasteiger partial charge in [-0.1, -0.05) is 41.9 Å². The summed E-state index contributed by atoms with van der Waals surface area (Å²) >= 11 is 6.00. The number of fused-ring (bicyclic) bond motifs is 1. The molecule has 0 spiro atoms. The van der Waals surface area contributed by atoms with E-state index in [4.69, 9.17) is 22.1 Å². The number of carbonyl (C=O) groups excluding carboxylic acids is 1. The first-order valence-electron chi connectivity index (χ1n) is 8.46. The Morgan fingerprint density at radius 3 is 2.85 bits per heavy atom. The SMILES string of the molecule is NC(=NCCNC(=O)c1ccccc1Cl)NC1CCOc2ccccc21. The number of amides is 1. The summed E-state index contributed by atoms with van der Waals surface area (Å²) in [4.78, 5) is 16.3. The molecule has 1 atom stereocenters. The van der Waals surface area contributed by atoms with E-state index in [0.29, 0.717) is 36.2 Å². The van der Waals surface area contributed by atoms with Gasteiger partial charge in [-0.3, -0.25) is 9.79 Å². The lowest BCUT2D eigenvalue weighted by molar-refractivity contribution is 0.0955. The van der Waals surface area contributed by atoms with E-state index >= 15 is 0 Å². The molecule has 4 N–H and O–H groups in total. The Morgan fingerprint density at radius 1 is 1.23 bits per heavy atom. The second kappa shape index (κ2) is 8.58. The number of hydrogen-bond acceptors (Lipinski definition) is 3. The fourth-order valence-electron chi connectivity index (χ4n) is 2.80. The van der Waals surface area contributed by atoms with E-state index in [0.717, 1.165) is 17.7 Å². The van der Waals surface area contributed by atoms with Crippen LogP contribution >= 0.6 is 11.6 Å². The maximum atomic E-state index is 12.1. The molecular weight excluding hydrogens is 352 g/mol. The molecule has 1 aliphatic rings. The third-order valence-electron chi connectivity index (χ3n) is 4.08. The number of halogens is 1. The number of hydrogen-bond donors (Lipinski definition) is 3. The molecule has 1 heterocycles. The Kier molecular flexibility index (Phi) is 5.96. The van der Waals surface area contributed by atoms with Gasteiger partial charge in [0, 0.05) is 18.5 Å². The minimum atomic E-state index is -0.226. The Bertz CT molecular complexity index is 810. The van der Waals surface area contributed by atoms with Crippen LogP contribution in [0.2, 0.25) is 5.02 Å². The molecule has 7 heteroatoms. The van der Waals surface area contributed by atoms with Gasteiger partial charge in [0.25, 0.3) is 5.91 Å². The molecule has 0 aromatic heterocycles. The normalized spacial score (nSPS) is 16.3. The van der Waals surface area contributed by atoms with Gasteiger partial charge in [0.2, 0.25) is 0 Å². The van der Waals surface area contributed by atoms with Crippen molar-refractivity contribution < 1.29 is 9.53 Å². The monoisotopic (exact) mass is 372 g/mol. The van der Waals surface area contributed by atoms with E-state index in [2.05, 4.69) is 15.6 Å². The van der Waals surface area contributed by atoms with Crippen molar-refractivity contribution in [3.8, 4) is 5.75 Å². The van der Waals surface area contributed by atoms with E-state index in [9.17, 15) is 4.79 Å². The molecule has 0 saturated heterocycles. The first-order chi connectivity index (χ1) is 12.6. The number of benzene rings is 2. The summed E-state index contributed by atoms with van der Waals surface area (Å²) in [6.07, 6.45) is 0.816. The van der Waals surface area contributed by atoms with Crippen molar-refractivity contribution in [2.24, 2.45) is 10.7 Å². The first-order valence-corrected chi connectivity index (χ1v) is 8.84. The number of nitrogens with one attached hydrogen (secondary N) is 2. The van der Waals surface area contributed by atoms with Gasteiger partial charge in [0.1, 0.15) is 5.75 Å². The van der Waals surface area contributed by atoms with Gasteiger partial charge in [-0.2, -0.15) is 0 Å². The quantitative estimate of drug-likeness (QED) is 0.427. The molecule has 0 bridgehead atoms. The van der Waals surface area contributed by atoms with Crippen LogP contribution in [0.5, 0.6) is 5.75 Å². The van der Waals surface area contributed by atoms with Crippen molar-refractivity contribution in [1.29, 1.82) is 0 Å². The summed E-state index contributed by atoms with van der Waals surface area (Å²) in [6.45, 7) is 1.38. The number of nitrogens with zero attached hydrogens (tertiary/aromatic N) is 1. The summed E-state index contributed by atoms with van der Waals surface area (Å²) in [5, 5.41) is 6.42. The zero-order valence-corrected chi connectivity index (χ0v) is 15.0. The second-order valence-electron chi connectivity index (χ2n) is 5.87. The fraction of sp³-hybridized carbons (Fsp3) is 0.263. The Morgan fingerprint density at radius 2 is 2.00 bits per heavy atom. The van der Waals surface area contributed by atoms with Crippen molar-refractivity contribution in [2.75, 3.05) is 19.7 Å². The van der Waals surface area contributed by atoms with Crippen LogP contribution in [-0.2, 0) is 0 Å². The molecule has 136 valence electrons. The summed E-state index contributed by atoms with van der Waals surface area (Å²) in [5.74, 6) is 0.991. The first kappa shape index (κ1) is 18.1. The van der Waals surface area contributed by atoms with Crippen LogP contribution in [0.4, 0.5) is 0 Å². The van der Waals surface area contributed by atoms with E-state index in [1.54, 1.807) is 24.3 Å². The van der Waals surface area contributed by atoms with Crippen LogP contribution in [0, 0.1) is 0 Å². The zero-order chi connectivity index (χ0) is 18.4. The van der Waals surface area contributed by atoms with Gasteiger partial charge in [0.15, 0.2) is 5.96 Å². The molecule has 0 fully saturated rings. The molecule has 26 heavy (non-hydrogen) atoms. The van der Waals surface area contributed by atoms with E-state index in [-0.39, 0.29) is 11.9 Å². The van der Waals surface area contributed by atoms with Crippen LogP contribution in [0.25, 0.3) is 0 Å². The molecule has 3 rings (SSSR count). The third-order valence-corrected chi connectivity index (χ3v) is 4.41. The van der Waals surface area contributed by atoms with Gasteiger partial charge < -0.3 is 21.1 Å². The Balaban J connectivity index is 1.49. The molecule has 1 aliphatic heterocycles. The standard InChI is InChI=1S/C19H21ClN4O2/c20-15-7-3-1-5-13(15)18(25)22-10-11-23-19(21)24-16-9-12-26-17-8-4-2-6-14(16)17/h1-8,16H,9-12H2,(H,22,25)(H3,21,23,24). The highest BCUT2D eigenvalue weighted by molar-refractivity contribution is 6.33. The smallest absolute Gasteiger partial charge is 0.252 e. The van der Waals surface area contributed by atoms with Crippen molar-refractivity contribution >= 4 is 23.5 Å². The average Bonchev–Trinajstić information content (AvgIpc) is 2.66. The number of guanidine groups is 1. The maximum Gasteiger partial charge on any atom is 0.252 e. The van der Waals surface area contributed by atoms with Crippen molar-refractivity contribution in [2.45, 2.75) is 12.5 Å². The van der Waals surface area contributed by atoms with Crippen LogP contribution in [-0.4, -0.2) is 31.6 Å². The van der Waals surface area contributed by atoms with Crippen molar-refractivity contribution in [1.82, 2.24) is 10.6 Å². The number of ether oxygens (including phenoxy) is 1. The number of aliphatic imine (C=N–C) groups is 1. The number of carbonyl (C=O) groups is 1. The predicted molar refractivity (Wildman–Crippen MR) is 103 cm³/mol. The lowest BCUT2D eigenvalue weighted by Crippen LogP contribution is -2.38. The zero-order valence-electron chi connectivity index (χ0n) is 14.2. The lowest BCUT2D eigenvalue weighted by atomic mass is 10.0. The Hall–Kier alpha value is -2.73. The second-order valence-corrected chi connectivity index (χ2v) is 6.28. The fourth-order valence-corrected chi connectivity index (χ4v) is 3.02. The molecule has 6 nitrogen and oxygen atoms in total. The highest BCUT2D eigenvalue weighted by Gasteiger charge is 2.21. The van der Waals surface area contributed by atoms with Crippen LogP contribution in [0.15, 0.2) is 53.5 Å². The molecule has 2 aromatic rings. The number of nitrogens with two attached hydrogens (primary N) is 1. The molecule has 0 radical (unpaired) electrons. The highest BCUT2D eigenvalue weighted by atomic mass is 35.5. The topological polar surface area (TPSA) is 88.7 Å². The van der Waals surface area contributed by atoms with Crippen LogP contribution in [0.1, 0.15) is 28.4 Å². The van der Waals surface area contributed by atoms with E-state index in [1.807, 2.05) is 24.3 Å². The van der Waals surface area contributed by atoms with E-state index in [1.165, 1.54) is 0 Å². The van der Waals surface area contributed by atoms with Crippen molar-refractivity contribution in [3.05, 3.63) is 64.7 Å². The molecule has 2 aromatic carbocycles. The van der Waals surface area contributed by atoms with Gasteiger partial charge in [0.05, 0.1) is 29.8 Å². The third kappa shape index (κ3) is 4.46. The Labute approximate surface area is 157 Å². The highest BCUT2D eigenvalue weighted by Crippen LogP contribution is 2.31. The lowest BCUT2D eigenvalue weighted by Gasteiger charge is -2.26.